The Bertz CT molecular complexity index is 748. The van der Waals surface area contributed by atoms with Crippen molar-refractivity contribution in [1.29, 1.82) is 0 Å². The predicted molar refractivity (Wildman–Crippen MR) is 106 cm³/mol. The third-order valence-corrected chi connectivity index (χ3v) is 8.69. The van der Waals surface area contributed by atoms with Gasteiger partial charge in [-0.1, -0.05) is 26.0 Å². The molecule has 0 aliphatic heterocycles. The van der Waals surface area contributed by atoms with E-state index in [0.29, 0.717) is 11.8 Å². The van der Waals surface area contributed by atoms with Crippen LogP contribution in [0.2, 0.25) is 0 Å². The second-order valence-corrected chi connectivity index (χ2v) is 9.81. The SMILES string of the molecule is C=C1CC[C@H]2[C@H](CO)[C@@H]([C@@]3(C)Cc4cnc(C)nc4C[C@@H]3CO)CC[C@]12C. The number of aromatic nitrogens is 2. The van der Waals surface area contributed by atoms with Gasteiger partial charge in [0.15, 0.2) is 0 Å². The Balaban J connectivity index is 1.70. The molecule has 148 valence electrons. The normalized spacial score (nSPS) is 41.3. The van der Waals surface area contributed by atoms with Crippen LogP contribution in [-0.2, 0) is 12.8 Å². The van der Waals surface area contributed by atoms with E-state index in [1.165, 1.54) is 11.1 Å². The number of aryl methyl sites for hydroxylation is 1. The van der Waals surface area contributed by atoms with Gasteiger partial charge in [-0.15, -0.1) is 0 Å². The van der Waals surface area contributed by atoms with E-state index < -0.39 is 0 Å². The van der Waals surface area contributed by atoms with Crippen molar-refractivity contribution in [3.63, 3.8) is 0 Å². The van der Waals surface area contributed by atoms with E-state index in [-0.39, 0.29) is 35.9 Å². The quantitative estimate of drug-likeness (QED) is 0.800. The van der Waals surface area contributed by atoms with Crippen molar-refractivity contribution < 1.29 is 10.2 Å². The lowest BCUT2D eigenvalue weighted by Gasteiger charge is -2.55. The standard InChI is InChI=1S/C23H34N2O2/c1-14-5-6-19-18(13-27)20(7-8-22(14,19)3)23(4)10-16-11-24-15(2)25-21(16)9-17(23)12-26/h11,17-20,26-27H,1,5-10,12-13H2,2-4H3/t17-,18+,19+,20+,22-,23+/m1/s1. The van der Waals surface area contributed by atoms with Crippen molar-refractivity contribution in [3.8, 4) is 0 Å². The van der Waals surface area contributed by atoms with E-state index in [0.717, 1.165) is 50.0 Å². The average molecular weight is 371 g/mol. The third kappa shape index (κ3) is 2.79. The van der Waals surface area contributed by atoms with Gasteiger partial charge in [-0.05, 0) is 85.5 Å². The van der Waals surface area contributed by atoms with Gasteiger partial charge in [0.1, 0.15) is 5.82 Å². The zero-order valence-corrected chi connectivity index (χ0v) is 17.0. The number of fused-ring (bicyclic) bond motifs is 2. The summed E-state index contributed by atoms with van der Waals surface area (Å²) < 4.78 is 0. The van der Waals surface area contributed by atoms with Crippen molar-refractivity contribution in [3.05, 3.63) is 35.4 Å². The van der Waals surface area contributed by atoms with Crippen LogP contribution in [0.3, 0.4) is 0 Å². The number of nitrogens with zero attached hydrogens (tertiary/aromatic N) is 2. The van der Waals surface area contributed by atoms with Crippen LogP contribution < -0.4 is 0 Å². The molecule has 0 bridgehead atoms. The molecule has 6 atom stereocenters. The lowest BCUT2D eigenvalue weighted by Crippen LogP contribution is -2.52. The van der Waals surface area contributed by atoms with Crippen molar-refractivity contribution in [2.75, 3.05) is 13.2 Å². The van der Waals surface area contributed by atoms with Crippen LogP contribution in [0, 0.1) is 41.4 Å². The van der Waals surface area contributed by atoms with Crippen LogP contribution in [0.4, 0.5) is 0 Å². The summed E-state index contributed by atoms with van der Waals surface area (Å²) in [6.45, 7) is 11.4. The first-order valence-electron chi connectivity index (χ1n) is 10.5. The number of aliphatic hydroxyl groups excluding tert-OH is 2. The number of allylic oxidation sites excluding steroid dienone is 1. The lowest BCUT2D eigenvalue weighted by molar-refractivity contribution is -0.0739. The Morgan fingerprint density at radius 2 is 1.96 bits per heavy atom. The van der Waals surface area contributed by atoms with Crippen molar-refractivity contribution in [1.82, 2.24) is 9.97 Å². The van der Waals surface area contributed by atoms with Gasteiger partial charge in [-0.2, -0.15) is 0 Å². The number of aliphatic hydroxyl groups is 2. The molecule has 2 fully saturated rings. The monoisotopic (exact) mass is 370 g/mol. The molecule has 2 saturated carbocycles. The van der Waals surface area contributed by atoms with Gasteiger partial charge >= 0.3 is 0 Å². The van der Waals surface area contributed by atoms with E-state index in [4.69, 9.17) is 0 Å². The zero-order valence-electron chi connectivity index (χ0n) is 17.0. The molecule has 1 heterocycles. The first-order valence-corrected chi connectivity index (χ1v) is 10.5. The summed E-state index contributed by atoms with van der Waals surface area (Å²) in [5.41, 5.74) is 3.87. The molecule has 4 nitrogen and oxygen atoms in total. The summed E-state index contributed by atoms with van der Waals surface area (Å²) in [6, 6.07) is 0. The highest BCUT2D eigenvalue weighted by Crippen LogP contribution is 2.62. The molecule has 1 aromatic heterocycles. The molecular formula is C23H34N2O2. The maximum absolute atomic E-state index is 10.4. The number of rotatable bonds is 3. The Labute approximate surface area is 163 Å². The van der Waals surface area contributed by atoms with E-state index in [9.17, 15) is 10.2 Å². The van der Waals surface area contributed by atoms with Gasteiger partial charge in [-0.3, -0.25) is 0 Å². The summed E-state index contributed by atoms with van der Waals surface area (Å²) >= 11 is 0. The molecule has 0 saturated heterocycles. The highest BCUT2D eigenvalue weighted by molar-refractivity contribution is 5.27. The molecule has 0 spiro atoms. The second kappa shape index (κ2) is 6.66. The van der Waals surface area contributed by atoms with Crippen LogP contribution >= 0.6 is 0 Å². The third-order valence-electron chi connectivity index (χ3n) is 8.69. The highest BCUT2D eigenvalue weighted by Gasteiger charge is 2.56. The van der Waals surface area contributed by atoms with Gasteiger partial charge in [0.05, 0.1) is 0 Å². The zero-order chi connectivity index (χ0) is 19.4. The van der Waals surface area contributed by atoms with Gasteiger partial charge < -0.3 is 10.2 Å². The second-order valence-electron chi connectivity index (χ2n) is 9.81. The number of hydrogen-bond donors (Lipinski definition) is 2. The minimum Gasteiger partial charge on any atom is -0.396 e. The summed E-state index contributed by atoms with van der Waals surface area (Å²) in [5.74, 6) is 2.21. The van der Waals surface area contributed by atoms with E-state index in [1.54, 1.807) is 0 Å². The molecule has 4 rings (SSSR count). The maximum Gasteiger partial charge on any atom is 0.125 e. The fraction of sp³-hybridized carbons (Fsp3) is 0.739. The van der Waals surface area contributed by atoms with Crippen LogP contribution in [0.5, 0.6) is 0 Å². The summed E-state index contributed by atoms with van der Waals surface area (Å²) in [5, 5.41) is 20.7. The van der Waals surface area contributed by atoms with Crippen LogP contribution in [-0.4, -0.2) is 33.4 Å². The predicted octanol–water partition coefficient (Wildman–Crippen LogP) is 3.49. The fourth-order valence-electron chi connectivity index (χ4n) is 6.86. The first-order chi connectivity index (χ1) is 12.8. The van der Waals surface area contributed by atoms with E-state index in [2.05, 4.69) is 30.4 Å². The molecule has 0 aromatic carbocycles. The molecule has 2 N–H and O–H groups in total. The summed E-state index contributed by atoms with van der Waals surface area (Å²) in [7, 11) is 0. The van der Waals surface area contributed by atoms with Gasteiger partial charge in [-0.25, -0.2) is 9.97 Å². The van der Waals surface area contributed by atoms with Crippen LogP contribution in [0.15, 0.2) is 18.3 Å². The molecule has 3 aliphatic rings. The molecule has 1 aromatic rings. The van der Waals surface area contributed by atoms with Crippen LogP contribution in [0.1, 0.15) is 56.6 Å². The van der Waals surface area contributed by atoms with Crippen molar-refractivity contribution >= 4 is 0 Å². The molecule has 0 amide bonds. The molecular weight excluding hydrogens is 336 g/mol. The van der Waals surface area contributed by atoms with Gasteiger partial charge in [0.2, 0.25) is 0 Å². The minimum absolute atomic E-state index is 0.0288. The maximum atomic E-state index is 10.4. The molecule has 0 unspecified atom stereocenters. The Hall–Kier alpha value is -1.26. The largest absolute Gasteiger partial charge is 0.396 e. The Kier molecular flexibility index (Phi) is 4.71. The lowest BCUT2D eigenvalue weighted by atomic mass is 9.49. The summed E-state index contributed by atoms with van der Waals surface area (Å²) in [4.78, 5) is 9.09. The first kappa shape index (κ1) is 19.1. The van der Waals surface area contributed by atoms with Gasteiger partial charge in [0.25, 0.3) is 0 Å². The topological polar surface area (TPSA) is 66.2 Å². The van der Waals surface area contributed by atoms with E-state index in [1.807, 2.05) is 13.1 Å². The molecule has 3 aliphatic carbocycles. The summed E-state index contributed by atoms with van der Waals surface area (Å²) in [6.07, 6.45) is 8.21. The molecule has 0 radical (unpaired) electrons. The average Bonchev–Trinajstić information content (AvgIpc) is 2.95. The minimum atomic E-state index is -0.0288. The molecule has 4 heteroatoms. The van der Waals surface area contributed by atoms with Crippen molar-refractivity contribution in [2.45, 2.75) is 59.3 Å². The van der Waals surface area contributed by atoms with Crippen LogP contribution in [0.25, 0.3) is 0 Å². The Morgan fingerprint density at radius 1 is 1.19 bits per heavy atom. The fourth-order valence-corrected chi connectivity index (χ4v) is 6.86. The Morgan fingerprint density at radius 3 is 2.67 bits per heavy atom. The smallest absolute Gasteiger partial charge is 0.125 e. The highest BCUT2D eigenvalue weighted by atomic mass is 16.3. The van der Waals surface area contributed by atoms with Gasteiger partial charge in [0, 0.05) is 25.1 Å². The van der Waals surface area contributed by atoms with E-state index >= 15 is 0 Å². The van der Waals surface area contributed by atoms with Crippen molar-refractivity contribution in [2.24, 2.45) is 34.5 Å². The number of hydrogen-bond acceptors (Lipinski definition) is 4. The molecule has 27 heavy (non-hydrogen) atoms.